The van der Waals surface area contributed by atoms with Gasteiger partial charge in [-0.1, -0.05) is 30.4 Å². The third-order valence-corrected chi connectivity index (χ3v) is 6.95. The van der Waals surface area contributed by atoms with Crippen molar-refractivity contribution in [1.29, 1.82) is 0 Å². The smallest absolute Gasteiger partial charge is 0.234 e. The van der Waals surface area contributed by atoms with Crippen molar-refractivity contribution in [2.75, 3.05) is 26.4 Å². The molecule has 0 aromatic heterocycles. The minimum Gasteiger partial charge on any atom is -0.394 e. The summed E-state index contributed by atoms with van der Waals surface area (Å²) in [4.78, 5) is 0. The lowest BCUT2D eigenvalue weighted by atomic mass is 9.72. The molecule has 38 heavy (non-hydrogen) atoms. The van der Waals surface area contributed by atoms with E-state index in [0.717, 1.165) is 0 Å². The topological polar surface area (TPSA) is 168 Å². The van der Waals surface area contributed by atoms with E-state index in [4.69, 9.17) is 23.7 Å². The van der Waals surface area contributed by atoms with Crippen LogP contribution in [0.15, 0.2) is 63.3 Å². The molecule has 0 amide bonds. The van der Waals surface area contributed by atoms with Gasteiger partial charge < -0.3 is 54.3 Å². The van der Waals surface area contributed by atoms with Crippen molar-refractivity contribution in [1.82, 2.24) is 0 Å². The lowest BCUT2D eigenvalue weighted by Crippen LogP contribution is -2.73. The number of aliphatic hydroxyl groups excluding tert-OH is 6. The molecule has 2 fully saturated rings. The molecule has 11 nitrogen and oxygen atoms in total. The van der Waals surface area contributed by atoms with Crippen LogP contribution in [0.1, 0.15) is 19.3 Å². The van der Waals surface area contributed by atoms with Crippen LogP contribution in [0.3, 0.4) is 0 Å². The van der Waals surface area contributed by atoms with Gasteiger partial charge in [-0.15, -0.1) is 32.9 Å². The number of rotatable bonds is 17. The Balaban J connectivity index is 2.91. The van der Waals surface area contributed by atoms with Gasteiger partial charge in [0, 0.05) is 6.42 Å². The molecular formula is C27H42O11. The zero-order valence-corrected chi connectivity index (χ0v) is 21.6. The molecule has 0 unspecified atom stereocenters. The van der Waals surface area contributed by atoms with Crippen LogP contribution in [0.4, 0.5) is 0 Å². The fourth-order valence-electron chi connectivity index (χ4n) is 5.23. The van der Waals surface area contributed by atoms with E-state index in [1.165, 1.54) is 30.4 Å². The van der Waals surface area contributed by atoms with Crippen molar-refractivity contribution in [2.24, 2.45) is 0 Å². The van der Waals surface area contributed by atoms with Crippen molar-refractivity contribution < 1.29 is 54.3 Å². The van der Waals surface area contributed by atoms with Crippen LogP contribution in [0.5, 0.6) is 0 Å². The van der Waals surface area contributed by atoms with Gasteiger partial charge in [-0.3, -0.25) is 0 Å². The number of ether oxygens (including phenoxy) is 5. The number of aliphatic hydroxyl groups is 6. The molecule has 0 radical (unpaired) electrons. The minimum atomic E-state index is -2.21. The Labute approximate surface area is 223 Å². The van der Waals surface area contributed by atoms with Crippen molar-refractivity contribution in [3.63, 3.8) is 0 Å². The number of hydrogen-bond donors (Lipinski definition) is 6. The predicted octanol–water partition coefficient (Wildman–Crippen LogP) is -0.138. The van der Waals surface area contributed by atoms with E-state index in [1.54, 1.807) is 0 Å². The van der Waals surface area contributed by atoms with Crippen LogP contribution in [-0.2, 0) is 23.7 Å². The summed E-state index contributed by atoms with van der Waals surface area (Å²) < 4.78 is 31.0. The molecule has 0 bridgehead atoms. The van der Waals surface area contributed by atoms with Crippen molar-refractivity contribution in [3.05, 3.63) is 63.3 Å². The van der Waals surface area contributed by atoms with E-state index in [9.17, 15) is 30.6 Å². The molecule has 2 heterocycles. The van der Waals surface area contributed by atoms with Gasteiger partial charge in [-0.05, 0) is 12.8 Å². The summed E-state index contributed by atoms with van der Waals surface area (Å²) in [6.07, 6.45) is -3.72. The van der Waals surface area contributed by atoms with Crippen LogP contribution < -0.4 is 0 Å². The van der Waals surface area contributed by atoms with E-state index >= 15 is 0 Å². The van der Waals surface area contributed by atoms with Crippen LogP contribution in [0.25, 0.3) is 0 Å². The summed E-state index contributed by atoms with van der Waals surface area (Å²) in [5, 5.41) is 63.1. The molecule has 0 aliphatic carbocycles. The van der Waals surface area contributed by atoms with Gasteiger partial charge in [0.25, 0.3) is 0 Å². The molecule has 9 atom stereocenters. The van der Waals surface area contributed by atoms with E-state index in [-0.39, 0.29) is 32.5 Å². The second-order valence-electron chi connectivity index (χ2n) is 9.28. The third kappa shape index (κ3) is 5.60. The van der Waals surface area contributed by atoms with Crippen LogP contribution in [0.2, 0.25) is 0 Å². The Morgan fingerprint density at radius 3 is 1.87 bits per heavy atom. The summed E-state index contributed by atoms with van der Waals surface area (Å²) in [5.41, 5.74) is -3.46. The second kappa shape index (κ2) is 14.1. The highest BCUT2D eigenvalue weighted by Gasteiger charge is 2.76. The van der Waals surface area contributed by atoms with Gasteiger partial charge in [-0.2, -0.15) is 0 Å². The van der Waals surface area contributed by atoms with Crippen LogP contribution in [-0.4, -0.2) is 117 Å². The molecule has 2 saturated heterocycles. The molecule has 0 aromatic rings. The third-order valence-electron chi connectivity index (χ3n) is 6.95. The van der Waals surface area contributed by atoms with Gasteiger partial charge >= 0.3 is 0 Å². The lowest BCUT2D eigenvalue weighted by molar-refractivity contribution is -0.434. The lowest BCUT2D eigenvalue weighted by Gasteiger charge is -2.56. The Bertz CT molecular complexity index is 807. The Hall–Kier alpha value is -1.74. The van der Waals surface area contributed by atoms with E-state index in [0.29, 0.717) is 0 Å². The van der Waals surface area contributed by atoms with Crippen molar-refractivity contribution >= 4 is 0 Å². The number of hydrogen-bond acceptors (Lipinski definition) is 11. The molecule has 6 N–H and O–H groups in total. The minimum absolute atomic E-state index is 0.0193. The normalized spacial score (nSPS) is 37.5. The summed E-state index contributed by atoms with van der Waals surface area (Å²) in [6, 6.07) is 0. The Morgan fingerprint density at radius 2 is 1.37 bits per heavy atom. The zero-order valence-electron chi connectivity index (χ0n) is 21.6. The molecule has 0 spiro atoms. The maximum atomic E-state index is 11.6. The van der Waals surface area contributed by atoms with Crippen molar-refractivity contribution in [3.8, 4) is 0 Å². The average Bonchev–Trinajstić information content (AvgIpc) is 3.14. The van der Waals surface area contributed by atoms with Gasteiger partial charge in [0.15, 0.2) is 11.9 Å². The first kappa shape index (κ1) is 32.5. The molecule has 11 heteroatoms. The molecule has 2 aliphatic heterocycles. The van der Waals surface area contributed by atoms with Crippen molar-refractivity contribution in [2.45, 2.75) is 79.2 Å². The molecular weight excluding hydrogens is 500 g/mol. The highest BCUT2D eigenvalue weighted by atomic mass is 16.8. The Kier molecular flexibility index (Phi) is 12.0. The SMILES string of the molecule is C=CCOC(CC=C)(CC=C)[C@@]1(O[C@H]2O[C@H](CO)[C@@H](O)[C@H](O)[C@H]2O)O[C@H](CO)[C@@H](O)[C@]1(CC=C)OCC=C. The first-order valence-electron chi connectivity index (χ1n) is 12.4. The fourth-order valence-corrected chi connectivity index (χ4v) is 5.23. The highest BCUT2D eigenvalue weighted by Crippen LogP contribution is 2.56. The largest absolute Gasteiger partial charge is 0.394 e. The maximum absolute atomic E-state index is 11.6. The molecule has 0 aromatic carbocycles. The predicted molar refractivity (Wildman–Crippen MR) is 138 cm³/mol. The fraction of sp³-hybridized carbons (Fsp3) is 0.630. The summed E-state index contributed by atoms with van der Waals surface area (Å²) in [5.74, 6) is -2.21. The summed E-state index contributed by atoms with van der Waals surface area (Å²) in [6.45, 7) is 17.4. The van der Waals surface area contributed by atoms with Gasteiger partial charge in [-0.25, -0.2) is 0 Å². The maximum Gasteiger partial charge on any atom is 0.234 e. The Morgan fingerprint density at radius 1 is 0.763 bits per heavy atom. The first-order chi connectivity index (χ1) is 18.1. The molecule has 216 valence electrons. The van der Waals surface area contributed by atoms with Crippen LogP contribution >= 0.6 is 0 Å². The van der Waals surface area contributed by atoms with Gasteiger partial charge in [0.1, 0.15) is 42.2 Å². The quantitative estimate of drug-likeness (QED) is 0.135. The average molecular weight is 543 g/mol. The standard InChI is InChI=1S/C27H42O11/c1-6-11-25(12-7-2,34-14-9-4)27(38-24-22(32)21(31)20(30)18(16-28)36-24)26(13-8-3,35-15-10-5)23(33)19(17-29)37-27/h6-10,18-24,28-33H,1-5,11-17H2/t18-,19-,20-,21+,22-,23-,24-,26+,27+/m1/s1. The van der Waals surface area contributed by atoms with E-state index in [2.05, 4.69) is 32.9 Å². The van der Waals surface area contributed by atoms with E-state index in [1.807, 2.05) is 0 Å². The second-order valence-corrected chi connectivity index (χ2v) is 9.28. The highest BCUT2D eigenvalue weighted by molar-refractivity contribution is 5.22. The molecule has 0 saturated carbocycles. The molecule has 2 rings (SSSR count). The summed E-state index contributed by atoms with van der Waals surface area (Å²) in [7, 11) is 0. The molecule has 2 aliphatic rings. The monoisotopic (exact) mass is 542 g/mol. The van der Waals surface area contributed by atoms with Crippen LogP contribution in [0, 0.1) is 0 Å². The zero-order chi connectivity index (χ0) is 28.6. The van der Waals surface area contributed by atoms with Gasteiger partial charge in [0.2, 0.25) is 5.79 Å². The summed E-state index contributed by atoms with van der Waals surface area (Å²) >= 11 is 0. The first-order valence-corrected chi connectivity index (χ1v) is 12.4. The van der Waals surface area contributed by atoms with E-state index < -0.39 is 73.1 Å². The van der Waals surface area contributed by atoms with Gasteiger partial charge in [0.05, 0.1) is 26.4 Å².